The van der Waals surface area contributed by atoms with Crippen LogP contribution >= 0.6 is 23.2 Å². The van der Waals surface area contributed by atoms with Crippen LogP contribution in [0.25, 0.3) is 5.57 Å². The van der Waals surface area contributed by atoms with Gasteiger partial charge in [-0.1, -0.05) is 23.2 Å². The third-order valence-electron chi connectivity index (χ3n) is 4.72. The molecule has 0 amide bonds. The SMILES string of the molecule is O=C(O)COc1cc2c(c(Cl)c1Cl)C1=CC(=O)CCC1(CCO)C2. The van der Waals surface area contributed by atoms with Gasteiger partial charge in [-0.3, -0.25) is 4.79 Å². The van der Waals surface area contributed by atoms with Gasteiger partial charge in [-0.05, 0) is 42.5 Å². The van der Waals surface area contributed by atoms with Gasteiger partial charge >= 0.3 is 5.97 Å². The van der Waals surface area contributed by atoms with E-state index < -0.39 is 12.6 Å². The molecule has 1 unspecified atom stereocenters. The van der Waals surface area contributed by atoms with Crippen molar-refractivity contribution in [2.75, 3.05) is 13.2 Å². The maximum atomic E-state index is 11.9. The fourth-order valence-corrected chi connectivity index (χ4v) is 4.18. The topological polar surface area (TPSA) is 83.8 Å². The number of carbonyl (C=O) groups excluding carboxylic acids is 1. The van der Waals surface area contributed by atoms with Crippen molar-refractivity contribution in [3.05, 3.63) is 33.3 Å². The number of carbonyl (C=O) groups is 2. The van der Waals surface area contributed by atoms with E-state index in [2.05, 4.69) is 0 Å². The summed E-state index contributed by atoms with van der Waals surface area (Å²) in [7, 11) is 0. The number of ether oxygens (including phenoxy) is 1. The van der Waals surface area contributed by atoms with Gasteiger partial charge < -0.3 is 14.9 Å². The lowest BCUT2D eigenvalue weighted by molar-refractivity contribution is -0.139. The number of aliphatic hydroxyl groups excluding tert-OH is 1. The Hall–Kier alpha value is -1.56. The molecule has 0 bridgehead atoms. The molecule has 2 aliphatic rings. The molecule has 0 saturated heterocycles. The molecule has 0 saturated carbocycles. The first-order valence-corrected chi connectivity index (χ1v) is 8.35. The first kappa shape index (κ1) is 17.3. The van der Waals surface area contributed by atoms with Crippen molar-refractivity contribution in [1.29, 1.82) is 0 Å². The van der Waals surface area contributed by atoms with Gasteiger partial charge in [0.15, 0.2) is 12.4 Å². The van der Waals surface area contributed by atoms with E-state index in [1.807, 2.05) is 0 Å². The van der Waals surface area contributed by atoms with Crippen molar-refractivity contribution in [2.24, 2.45) is 5.41 Å². The molecule has 1 aromatic carbocycles. The number of carboxylic acids is 1. The predicted octanol–water partition coefficient (Wildman–Crippen LogP) is 3.13. The minimum atomic E-state index is -1.11. The van der Waals surface area contributed by atoms with E-state index >= 15 is 0 Å². The number of fused-ring (bicyclic) bond motifs is 3. The Morgan fingerprint density at radius 1 is 1.33 bits per heavy atom. The summed E-state index contributed by atoms with van der Waals surface area (Å²) in [5, 5.41) is 18.6. The quantitative estimate of drug-likeness (QED) is 0.831. The maximum Gasteiger partial charge on any atom is 0.341 e. The second kappa shape index (κ2) is 6.39. The Labute approximate surface area is 148 Å². The minimum Gasteiger partial charge on any atom is -0.480 e. The number of allylic oxidation sites excluding steroid dienone is 2. The van der Waals surface area contributed by atoms with Crippen molar-refractivity contribution < 1.29 is 24.5 Å². The second-order valence-corrected chi connectivity index (χ2v) is 6.93. The average molecular weight is 371 g/mol. The van der Waals surface area contributed by atoms with Gasteiger partial charge in [-0.2, -0.15) is 0 Å². The lowest BCUT2D eigenvalue weighted by atomic mass is 9.70. The van der Waals surface area contributed by atoms with E-state index in [-0.39, 0.29) is 33.6 Å². The third-order valence-corrected chi connectivity index (χ3v) is 5.57. The molecule has 7 heteroatoms. The van der Waals surface area contributed by atoms with Crippen molar-refractivity contribution in [3.63, 3.8) is 0 Å². The molecule has 0 fully saturated rings. The van der Waals surface area contributed by atoms with Crippen LogP contribution in [-0.4, -0.2) is 35.2 Å². The van der Waals surface area contributed by atoms with Crippen molar-refractivity contribution >= 4 is 40.5 Å². The monoisotopic (exact) mass is 370 g/mol. The zero-order valence-corrected chi connectivity index (χ0v) is 14.3. The molecule has 1 atom stereocenters. The van der Waals surface area contributed by atoms with Crippen molar-refractivity contribution in [1.82, 2.24) is 0 Å². The fourth-order valence-electron chi connectivity index (χ4n) is 3.66. The Balaban J connectivity index is 2.09. The van der Waals surface area contributed by atoms with Gasteiger partial charge in [0.1, 0.15) is 10.8 Å². The first-order chi connectivity index (χ1) is 11.4. The zero-order chi connectivity index (χ0) is 17.5. The summed E-state index contributed by atoms with van der Waals surface area (Å²) < 4.78 is 5.22. The van der Waals surface area contributed by atoms with Crippen LogP contribution < -0.4 is 4.74 Å². The van der Waals surface area contributed by atoms with E-state index in [0.717, 1.165) is 11.1 Å². The van der Waals surface area contributed by atoms with Crippen LogP contribution in [-0.2, 0) is 16.0 Å². The highest BCUT2D eigenvalue weighted by Gasteiger charge is 2.45. The Morgan fingerprint density at radius 2 is 2.08 bits per heavy atom. The molecule has 0 spiro atoms. The van der Waals surface area contributed by atoms with Crippen LogP contribution in [0.5, 0.6) is 5.75 Å². The lowest BCUT2D eigenvalue weighted by Gasteiger charge is -2.33. The summed E-state index contributed by atoms with van der Waals surface area (Å²) in [4.78, 5) is 22.6. The van der Waals surface area contributed by atoms with Gasteiger partial charge in [0, 0.05) is 24.0 Å². The summed E-state index contributed by atoms with van der Waals surface area (Å²) in [6.45, 7) is -0.509. The molecule has 5 nitrogen and oxygen atoms in total. The number of aliphatic carboxylic acids is 1. The van der Waals surface area contributed by atoms with Gasteiger partial charge in [-0.25, -0.2) is 4.79 Å². The number of rotatable bonds is 5. The summed E-state index contributed by atoms with van der Waals surface area (Å²) in [5.41, 5.74) is 2.06. The highest BCUT2D eigenvalue weighted by molar-refractivity contribution is 6.44. The number of benzene rings is 1. The Morgan fingerprint density at radius 3 is 2.75 bits per heavy atom. The molecule has 0 radical (unpaired) electrons. The molecular formula is C17H16Cl2O5. The van der Waals surface area contributed by atoms with E-state index in [0.29, 0.717) is 31.2 Å². The third kappa shape index (κ3) is 2.81. The van der Waals surface area contributed by atoms with Crippen LogP contribution in [0.3, 0.4) is 0 Å². The normalized spacial score (nSPS) is 22.0. The number of ketones is 1. The smallest absolute Gasteiger partial charge is 0.341 e. The molecule has 3 rings (SSSR count). The van der Waals surface area contributed by atoms with Crippen LogP contribution in [0, 0.1) is 5.41 Å². The van der Waals surface area contributed by atoms with Crippen LogP contribution in [0.15, 0.2) is 12.1 Å². The highest BCUT2D eigenvalue weighted by atomic mass is 35.5. The van der Waals surface area contributed by atoms with Gasteiger partial charge in [-0.15, -0.1) is 0 Å². The molecule has 2 N–H and O–H groups in total. The highest BCUT2D eigenvalue weighted by Crippen LogP contribution is 2.57. The summed E-state index contributed by atoms with van der Waals surface area (Å²) in [5.74, 6) is -0.862. The maximum absolute atomic E-state index is 11.9. The zero-order valence-electron chi connectivity index (χ0n) is 12.8. The second-order valence-electron chi connectivity index (χ2n) is 6.17. The van der Waals surface area contributed by atoms with Gasteiger partial charge in [0.2, 0.25) is 0 Å². The number of aliphatic hydroxyl groups is 1. The lowest BCUT2D eigenvalue weighted by Crippen LogP contribution is -2.27. The molecule has 0 heterocycles. The van der Waals surface area contributed by atoms with Crippen molar-refractivity contribution in [2.45, 2.75) is 25.7 Å². The van der Waals surface area contributed by atoms with Crippen LogP contribution in [0.1, 0.15) is 30.4 Å². The number of carboxylic acid groups (broad SMARTS) is 1. The molecule has 128 valence electrons. The van der Waals surface area contributed by atoms with E-state index in [9.17, 15) is 14.7 Å². The molecule has 2 aliphatic carbocycles. The number of hydrogen-bond donors (Lipinski definition) is 2. The van der Waals surface area contributed by atoms with Gasteiger partial charge in [0.05, 0.1) is 5.02 Å². The number of hydrogen-bond acceptors (Lipinski definition) is 4. The fraction of sp³-hybridized carbons (Fsp3) is 0.412. The summed E-state index contributed by atoms with van der Waals surface area (Å²) >= 11 is 12.7. The molecule has 24 heavy (non-hydrogen) atoms. The number of halogens is 2. The summed E-state index contributed by atoms with van der Waals surface area (Å²) in [6.07, 6.45) is 3.82. The largest absolute Gasteiger partial charge is 0.480 e. The van der Waals surface area contributed by atoms with E-state index in [4.69, 9.17) is 33.0 Å². The Kier molecular flexibility index (Phi) is 4.60. The van der Waals surface area contributed by atoms with Crippen LogP contribution in [0.4, 0.5) is 0 Å². The Bertz CT molecular complexity index is 756. The molecular weight excluding hydrogens is 355 g/mol. The standard InChI is InChI=1S/C17H16Cl2O5/c18-15-12(24-8-13(22)23)5-9-7-17(3-4-20)2-1-10(21)6-11(17)14(9)16(15)19/h5-6,20H,1-4,7-8H2,(H,22,23). The average Bonchev–Trinajstić information content (AvgIpc) is 2.83. The first-order valence-electron chi connectivity index (χ1n) is 7.59. The molecule has 1 aromatic rings. The van der Waals surface area contributed by atoms with E-state index in [1.165, 1.54) is 0 Å². The predicted molar refractivity (Wildman–Crippen MR) is 89.7 cm³/mol. The van der Waals surface area contributed by atoms with Crippen molar-refractivity contribution in [3.8, 4) is 5.75 Å². The van der Waals surface area contributed by atoms with Crippen LogP contribution in [0.2, 0.25) is 10.0 Å². The minimum absolute atomic E-state index is 0.00718. The van der Waals surface area contributed by atoms with Gasteiger partial charge in [0.25, 0.3) is 0 Å². The molecule has 0 aliphatic heterocycles. The summed E-state index contributed by atoms with van der Waals surface area (Å²) in [6, 6.07) is 1.69. The van der Waals surface area contributed by atoms with E-state index in [1.54, 1.807) is 12.1 Å². The molecule has 0 aromatic heterocycles.